The molecule has 0 atom stereocenters. The summed E-state index contributed by atoms with van der Waals surface area (Å²) in [5.41, 5.74) is 2.66. The van der Waals surface area contributed by atoms with E-state index in [1.54, 1.807) is 6.07 Å². The maximum absolute atomic E-state index is 6.07. The number of para-hydroxylation sites is 2. The fraction of sp³-hybridized carbons (Fsp3) is 0.316. The molecule has 4 rings (SSSR count). The molecule has 0 aromatic heterocycles. The van der Waals surface area contributed by atoms with E-state index in [1.165, 1.54) is 0 Å². The van der Waals surface area contributed by atoms with Crippen LogP contribution in [0.4, 0.5) is 11.4 Å². The summed E-state index contributed by atoms with van der Waals surface area (Å²) in [5.74, 6) is 0.748. The van der Waals surface area contributed by atoms with Gasteiger partial charge in [0.05, 0.1) is 28.0 Å². The van der Waals surface area contributed by atoms with Crippen LogP contribution in [0.25, 0.3) is 0 Å². The molecule has 0 saturated carbocycles. The summed E-state index contributed by atoms with van der Waals surface area (Å²) < 4.78 is 0. The Bertz CT molecular complexity index is 872. The number of rotatable bonds is 2. The van der Waals surface area contributed by atoms with Gasteiger partial charge in [-0.1, -0.05) is 41.4 Å². The summed E-state index contributed by atoms with van der Waals surface area (Å²) >= 11 is 12.0. The van der Waals surface area contributed by atoms with Crippen LogP contribution < -0.4 is 10.6 Å². The Morgan fingerprint density at radius 1 is 1.04 bits per heavy atom. The fourth-order valence-corrected chi connectivity index (χ4v) is 3.67. The number of benzene rings is 2. The largest absolute Gasteiger partial charge is 0.371 e. The molecule has 26 heavy (non-hydrogen) atoms. The standard InChI is InChI=1S/C19H19Cl2N5/c20-14-6-5-13(11-15(14)21)12-23-26-18-19(7-9-22-10-8-19)25-17-4-2-1-3-16(17)24-18/h1-6,11,22,25H,7-10,12H2. The molecule has 0 unspecified atom stereocenters. The second-order valence-corrected chi connectivity index (χ2v) is 7.37. The van der Waals surface area contributed by atoms with Crippen molar-refractivity contribution in [3.05, 3.63) is 58.1 Å². The molecule has 0 bridgehead atoms. The second-order valence-electron chi connectivity index (χ2n) is 6.56. The van der Waals surface area contributed by atoms with Crippen molar-refractivity contribution < 1.29 is 0 Å². The van der Waals surface area contributed by atoms with Crippen LogP contribution in [0.3, 0.4) is 0 Å². The zero-order chi connectivity index (χ0) is 18.0. The Labute approximate surface area is 162 Å². The van der Waals surface area contributed by atoms with Crippen LogP contribution in [0.2, 0.25) is 10.0 Å². The van der Waals surface area contributed by atoms with E-state index >= 15 is 0 Å². The number of aliphatic imine (C=N–C) groups is 1. The Kier molecular flexibility index (Phi) is 4.94. The maximum atomic E-state index is 6.07. The molecule has 2 heterocycles. The van der Waals surface area contributed by atoms with Gasteiger partial charge in [0.25, 0.3) is 0 Å². The quantitative estimate of drug-likeness (QED) is 0.693. The van der Waals surface area contributed by atoms with Crippen LogP contribution in [-0.2, 0) is 6.54 Å². The van der Waals surface area contributed by atoms with Crippen LogP contribution in [0.15, 0.2) is 57.7 Å². The first kappa shape index (κ1) is 17.5. The molecule has 134 valence electrons. The number of halogens is 2. The summed E-state index contributed by atoms with van der Waals surface area (Å²) in [4.78, 5) is 4.80. The highest BCUT2D eigenvalue weighted by atomic mass is 35.5. The second kappa shape index (κ2) is 7.35. The first-order valence-electron chi connectivity index (χ1n) is 8.65. The maximum Gasteiger partial charge on any atom is 0.176 e. The van der Waals surface area contributed by atoms with Crippen molar-refractivity contribution in [2.75, 3.05) is 18.4 Å². The molecule has 2 aliphatic rings. The lowest BCUT2D eigenvalue weighted by molar-refractivity contribution is 0.417. The summed E-state index contributed by atoms with van der Waals surface area (Å²) in [5, 5.41) is 17.0. The van der Waals surface area contributed by atoms with Crippen LogP contribution in [0, 0.1) is 0 Å². The summed E-state index contributed by atoms with van der Waals surface area (Å²) in [6, 6.07) is 13.6. The number of fused-ring (bicyclic) bond motifs is 1. The van der Waals surface area contributed by atoms with Gasteiger partial charge in [-0.15, -0.1) is 5.11 Å². The van der Waals surface area contributed by atoms with Gasteiger partial charge in [0.1, 0.15) is 5.54 Å². The zero-order valence-electron chi connectivity index (χ0n) is 14.2. The molecular weight excluding hydrogens is 369 g/mol. The highest BCUT2D eigenvalue weighted by Crippen LogP contribution is 2.37. The third-order valence-electron chi connectivity index (χ3n) is 4.79. The van der Waals surface area contributed by atoms with E-state index in [2.05, 4.69) is 26.9 Å². The van der Waals surface area contributed by atoms with Gasteiger partial charge < -0.3 is 10.6 Å². The minimum Gasteiger partial charge on any atom is -0.371 e. The zero-order valence-corrected chi connectivity index (χ0v) is 15.7. The van der Waals surface area contributed by atoms with Crippen molar-refractivity contribution in [1.82, 2.24) is 5.32 Å². The molecule has 2 N–H and O–H groups in total. The van der Waals surface area contributed by atoms with E-state index in [1.807, 2.05) is 30.3 Å². The number of hydrogen-bond acceptors (Lipinski definition) is 5. The topological polar surface area (TPSA) is 61.1 Å². The van der Waals surface area contributed by atoms with Gasteiger partial charge in [-0.2, -0.15) is 5.11 Å². The van der Waals surface area contributed by atoms with Crippen molar-refractivity contribution in [3.8, 4) is 0 Å². The molecule has 1 fully saturated rings. The molecule has 7 heteroatoms. The molecule has 1 saturated heterocycles. The Morgan fingerprint density at radius 2 is 1.85 bits per heavy atom. The van der Waals surface area contributed by atoms with Gasteiger partial charge in [-0.3, -0.25) is 0 Å². The normalized spacial score (nSPS) is 18.5. The van der Waals surface area contributed by atoms with Crippen LogP contribution in [0.5, 0.6) is 0 Å². The summed E-state index contributed by atoms with van der Waals surface area (Å²) in [6.07, 6.45) is 1.85. The smallest absolute Gasteiger partial charge is 0.176 e. The van der Waals surface area contributed by atoms with Crippen LogP contribution >= 0.6 is 23.2 Å². The number of piperidine rings is 1. The lowest BCUT2D eigenvalue weighted by Gasteiger charge is -2.40. The lowest BCUT2D eigenvalue weighted by atomic mass is 9.85. The molecule has 5 nitrogen and oxygen atoms in total. The van der Waals surface area contributed by atoms with Crippen LogP contribution in [-0.4, -0.2) is 24.5 Å². The van der Waals surface area contributed by atoms with Gasteiger partial charge in [0.15, 0.2) is 5.84 Å². The molecule has 0 radical (unpaired) electrons. The minimum atomic E-state index is -0.263. The molecule has 2 aliphatic heterocycles. The predicted octanol–water partition coefficient (Wildman–Crippen LogP) is 5.22. The highest BCUT2D eigenvalue weighted by Gasteiger charge is 2.40. The molecule has 1 spiro atoms. The van der Waals surface area contributed by atoms with Gasteiger partial charge >= 0.3 is 0 Å². The number of hydrogen-bond donors (Lipinski definition) is 2. The van der Waals surface area contributed by atoms with Gasteiger partial charge in [0, 0.05) is 0 Å². The monoisotopic (exact) mass is 387 g/mol. The van der Waals surface area contributed by atoms with Gasteiger partial charge in [-0.05, 0) is 55.8 Å². The van der Waals surface area contributed by atoms with Crippen molar-refractivity contribution >= 4 is 40.4 Å². The minimum absolute atomic E-state index is 0.263. The predicted molar refractivity (Wildman–Crippen MR) is 107 cm³/mol. The number of anilines is 1. The van der Waals surface area contributed by atoms with E-state index < -0.39 is 0 Å². The number of azo groups is 1. The molecule has 0 aliphatic carbocycles. The third-order valence-corrected chi connectivity index (χ3v) is 5.53. The first-order valence-corrected chi connectivity index (χ1v) is 9.40. The van der Waals surface area contributed by atoms with E-state index in [4.69, 9.17) is 28.2 Å². The Balaban J connectivity index is 1.61. The SMILES string of the molecule is Clc1ccc(CN=NC2=Nc3ccccc3NC23CCNCC3)cc1Cl. The average molecular weight is 388 g/mol. The summed E-state index contributed by atoms with van der Waals surface area (Å²) in [7, 11) is 0. The number of nitrogens with zero attached hydrogens (tertiary/aromatic N) is 3. The molecule has 2 aromatic rings. The average Bonchev–Trinajstić information content (AvgIpc) is 2.66. The number of amidine groups is 1. The van der Waals surface area contributed by atoms with E-state index in [0.29, 0.717) is 16.6 Å². The van der Waals surface area contributed by atoms with Crippen molar-refractivity contribution in [3.63, 3.8) is 0 Å². The van der Waals surface area contributed by atoms with Crippen LogP contribution in [0.1, 0.15) is 18.4 Å². The molecule has 2 aromatic carbocycles. The summed E-state index contributed by atoms with van der Waals surface area (Å²) in [6.45, 7) is 2.29. The Hall–Kier alpha value is -1.95. The third kappa shape index (κ3) is 3.47. The molecular formula is C19H19Cl2N5. The van der Waals surface area contributed by atoms with E-state index in [0.717, 1.165) is 48.7 Å². The Morgan fingerprint density at radius 3 is 2.65 bits per heavy atom. The lowest BCUT2D eigenvalue weighted by Crippen LogP contribution is -2.53. The van der Waals surface area contributed by atoms with E-state index in [9.17, 15) is 0 Å². The van der Waals surface area contributed by atoms with Gasteiger partial charge in [0.2, 0.25) is 0 Å². The van der Waals surface area contributed by atoms with Crippen molar-refractivity contribution in [2.24, 2.45) is 15.2 Å². The van der Waals surface area contributed by atoms with E-state index in [-0.39, 0.29) is 5.54 Å². The van der Waals surface area contributed by atoms with Crippen molar-refractivity contribution in [1.29, 1.82) is 0 Å². The molecule has 0 amide bonds. The van der Waals surface area contributed by atoms with Gasteiger partial charge in [-0.25, -0.2) is 4.99 Å². The van der Waals surface area contributed by atoms with Crippen molar-refractivity contribution in [2.45, 2.75) is 24.9 Å². The highest BCUT2D eigenvalue weighted by molar-refractivity contribution is 6.42. The number of nitrogens with one attached hydrogen (secondary N) is 2. The fourth-order valence-electron chi connectivity index (χ4n) is 3.35. The first-order chi connectivity index (χ1) is 12.7.